The summed E-state index contributed by atoms with van der Waals surface area (Å²) < 4.78 is 10.5. The lowest BCUT2D eigenvalue weighted by molar-refractivity contribution is -0.123. The maximum atomic E-state index is 11.7. The molecule has 0 atom stereocenters. The van der Waals surface area contributed by atoms with Crippen LogP contribution in [0.4, 0.5) is 0 Å². The van der Waals surface area contributed by atoms with Gasteiger partial charge in [0.1, 0.15) is 11.5 Å². The van der Waals surface area contributed by atoms with Crippen LogP contribution in [0.3, 0.4) is 0 Å². The van der Waals surface area contributed by atoms with E-state index in [1.165, 1.54) is 5.56 Å². The van der Waals surface area contributed by atoms with Crippen LogP contribution in [0.25, 0.3) is 0 Å². The van der Waals surface area contributed by atoms with E-state index in [9.17, 15) is 4.79 Å². The summed E-state index contributed by atoms with van der Waals surface area (Å²) in [6.45, 7) is 1.99. The van der Waals surface area contributed by atoms with Gasteiger partial charge in [-0.2, -0.15) is 5.10 Å². The number of nitrogens with one attached hydrogen (secondary N) is 1. The van der Waals surface area contributed by atoms with Crippen molar-refractivity contribution in [3.63, 3.8) is 0 Å². The average molecular weight is 312 g/mol. The molecule has 2 rings (SSSR count). The third-order valence-corrected chi connectivity index (χ3v) is 3.20. The molecule has 0 aliphatic rings. The molecule has 0 heterocycles. The van der Waals surface area contributed by atoms with E-state index >= 15 is 0 Å². The van der Waals surface area contributed by atoms with Gasteiger partial charge >= 0.3 is 0 Å². The van der Waals surface area contributed by atoms with Crippen molar-refractivity contribution in [1.29, 1.82) is 0 Å². The molecule has 2 aromatic rings. The second-order valence-electron chi connectivity index (χ2n) is 4.86. The first-order valence-corrected chi connectivity index (χ1v) is 7.39. The van der Waals surface area contributed by atoms with Crippen molar-refractivity contribution in [2.24, 2.45) is 5.10 Å². The lowest BCUT2D eigenvalue weighted by Crippen LogP contribution is -2.24. The highest BCUT2D eigenvalue weighted by Gasteiger charge is 2.02. The molecule has 0 saturated heterocycles. The minimum absolute atomic E-state index is 0.0763. The lowest BCUT2D eigenvalue weighted by atomic mass is 10.2. The van der Waals surface area contributed by atoms with E-state index < -0.39 is 0 Å². The Bertz CT molecular complexity index is 666. The van der Waals surface area contributed by atoms with E-state index in [1.807, 2.05) is 48.5 Å². The number of ether oxygens (including phenoxy) is 2. The lowest BCUT2D eigenvalue weighted by Gasteiger charge is -2.06. The minimum atomic E-state index is -0.309. The summed E-state index contributed by atoms with van der Waals surface area (Å²) in [6.07, 6.45) is 2.49. The fraction of sp³-hybridized carbons (Fsp3) is 0.222. The van der Waals surface area contributed by atoms with Gasteiger partial charge in [0.2, 0.25) is 0 Å². The Balaban J connectivity index is 1.78. The van der Waals surface area contributed by atoms with Gasteiger partial charge in [-0.05, 0) is 53.9 Å². The van der Waals surface area contributed by atoms with Gasteiger partial charge in [-0.3, -0.25) is 4.79 Å². The van der Waals surface area contributed by atoms with Gasteiger partial charge < -0.3 is 9.47 Å². The maximum absolute atomic E-state index is 11.7. The second kappa shape index (κ2) is 8.58. The van der Waals surface area contributed by atoms with Crippen LogP contribution < -0.4 is 14.9 Å². The number of benzene rings is 2. The monoisotopic (exact) mass is 312 g/mol. The number of carbonyl (C=O) groups is 1. The van der Waals surface area contributed by atoms with Crippen molar-refractivity contribution in [2.45, 2.75) is 13.3 Å². The largest absolute Gasteiger partial charge is 0.497 e. The second-order valence-corrected chi connectivity index (χ2v) is 4.86. The quantitative estimate of drug-likeness (QED) is 0.632. The van der Waals surface area contributed by atoms with Gasteiger partial charge in [-0.25, -0.2) is 5.43 Å². The Hall–Kier alpha value is -2.82. The predicted octanol–water partition coefficient (Wildman–Crippen LogP) is 2.79. The molecule has 0 unspecified atom stereocenters. The molecule has 2 aromatic carbocycles. The van der Waals surface area contributed by atoms with Crippen LogP contribution in [0.5, 0.6) is 11.5 Å². The van der Waals surface area contributed by atoms with Crippen molar-refractivity contribution >= 4 is 12.1 Å². The Morgan fingerprint density at radius 1 is 1.17 bits per heavy atom. The molecule has 120 valence electrons. The number of amides is 1. The zero-order valence-corrected chi connectivity index (χ0v) is 13.3. The number of hydrogen-bond donors (Lipinski definition) is 1. The van der Waals surface area contributed by atoms with Crippen LogP contribution in [0.2, 0.25) is 0 Å². The topological polar surface area (TPSA) is 59.9 Å². The van der Waals surface area contributed by atoms with Crippen LogP contribution >= 0.6 is 0 Å². The van der Waals surface area contributed by atoms with Gasteiger partial charge in [0.15, 0.2) is 6.61 Å². The SMILES string of the molecule is CCc1cccc(OCC(=O)N/N=C/c2ccc(OC)cc2)c1. The maximum Gasteiger partial charge on any atom is 0.277 e. The van der Waals surface area contributed by atoms with Crippen molar-refractivity contribution in [3.8, 4) is 11.5 Å². The highest BCUT2D eigenvalue weighted by molar-refractivity contribution is 5.83. The molecule has 0 aliphatic carbocycles. The van der Waals surface area contributed by atoms with Crippen LogP contribution in [0, 0.1) is 0 Å². The van der Waals surface area contributed by atoms with Crippen molar-refractivity contribution in [3.05, 3.63) is 59.7 Å². The van der Waals surface area contributed by atoms with E-state index in [0.717, 1.165) is 17.7 Å². The van der Waals surface area contributed by atoms with Gasteiger partial charge in [0, 0.05) is 0 Å². The van der Waals surface area contributed by atoms with Crippen LogP contribution in [0.15, 0.2) is 53.6 Å². The third kappa shape index (κ3) is 5.47. The highest BCUT2D eigenvalue weighted by Crippen LogP contribution is 2.13. The number of aryl methyl sites for hydroxylation is 1. The molecular weight excluding hydrogens is 292 g/mol. The van der Waals surface area contributed by atoms with Crippen molar-refractivity contribution in [1.82, 2.24) is 5.43 Å². The van der Waals surface area contributed by atoms with Gasteiger partial charge in [-0.1, -0.05) is 19.1 Å². The van der Waals surface area contributed by atoms with Crippen molar-refractivity contribution < 1.29 is 14.3 Å². The Morgan fingerprint density at radius 2 is 1.96 bits per heavy atom. The molecule has 1 N–H and O–H groups in total. The molecule has 0 radical (unpaired) electrons. The van der Waals surface area contributed by atoms with E-state index in [0.29, 0.717) is 5.75 Å². The van der Waals surface area contributed by atoms with Crippen LogP contribution in [-0.4, -0.2) is 25.8 Å². The smallest absolute Gasteiger partial charge is 0.277 e. The molecular formula is C18H20N2O3. The predicted molar refractivity (Wildman–Crippen MR) is 90.0 cm³/mol. The Kier molecular flexibility index (Phi) is 6.17. The standard InChI is InChI=1S/C18H20N2O3/c1-3-14-5-4-6-17(11-14)23-13-18(21)20-19-12-15-7-9-16(22-2)10-8-15/h4-12H,3,13H2,1-2H3,(H,20,21)/b19-12+. The summed E-state index contributed by atoms with van der Waals surface area (Å²) in [6, 6.07) is 15.0. The summed E-state index contributed by atoms with van der Waals surface area (Å²) >= 11 is 0. The zero-order valence-electron chi connectivity index (χ0n) is 13.3. The number of nitrogens with zero attached hydrogens (tertiary/aromatic N) is 1. The van der Waals surface area contributed by atoms with Gasteiger partial charge in [-0.15, -0.1) is 0 Å². The summed E-state index contributed by atoms with van der Waals surface area (Å²) in [5, 5.41) is 3.90. The normalized spacial score (nSPS) is 10.5. The van der Waals surface area contributed by atoms with Crippen molar-refractivity contribution in [2.75, 3.05) is 13.7 Å². The molecule has 0 spiro atoms. The molecule has 0 aliphatic heterocycles. The average Bonchev–Trinajstić information content (AvgIpc) is 2.61. The fourth-order valence-corrected chi connectivity index (χ4v) is 1.91. The Labute approximate surface area is 135 Å². The third-order valence-electron chi connectivity index (χ3n) is 3.20. The van der Waals surface area contributed by atoms with Crippen LogP contribution in [-0.2, 0) is 11.2 Å². The number of carbonyl (C=O) groups excluding carboxylic acids is 1. The fourth-order valence-electron chi connectivity index (χ4n) is 1.91. The molecule has 1 amide bonds. The molecule has 5 heteroatoms. The first kappa shape index (κ1) is 16.5. The first-order valence-electron chi connectivity index (χ1n) is 7.39. The molecule has 0 fully saturated rings. The van der Waals surface area contributed by atoms with Crippen LogP contribution in [0.1, 0.15) is 18.1 Å². The molecule has 0 bridgehead atoms. The number of rotatable bonds is 7. The molecule has 23 heavy (non-hydrogen) atoms. The van der Waals surface area contributed by atoms with Gasteiger partial charge in [0.25, 0.3) is 5.91 Å². The Morgan fingerprint density at radius 3 is 2.65 bits per heavy atom. The molecule has 5 nitrogen and oxygen atoms in total. The highest BCUT2D eigenvalue weighted by atomic mass is 16.5. The van der Waals surface area contributed by atoms with E-state index in [-0.39, 0.29) is 12.5 Å². The summed E-state index contributed by atoms with van der Waals surface area (Å²) in [5.74, 6) is 1.14. The van der Waals surface area contributed by atoms with E-state index in [2.05, 4.69) is 17.5 Å². The summed E-state index contributed by atoms with van der Waals surface area (Å²) in [5.41, 5.74) is 4.46. The molecule has 0 aromatic heterocycles. The molecule has 0 saturated carbocycles. The summed E-state index contributed by atoms with van der Waals surface area (Å²) in [7, 11) is 1.61. The number of hydrogen-bond acceptors (Lipinski definition) is 4. The van der Waals surface area contributed by atoms with Gasteiger partial charge in [0.05, 0.1) is 13.3 Å². The van der Waals surface area contributed by atoms with E-state index in [4.69, 9.17) is 9.47 Å². The van der Waals surface area contributed by atoms with E-state index in [1.54, 1.807) is 13.3 Å². The zero-order chi connectivity index (χ0) is 16.5. The summed E-state index contributed by atoms with van der Waals surface area (Å²) in [4.78, 5) is 11.7. The first-order chi connectivity index (χ1) is 11.2. The number of hydrazone groups is 1. The number of methoxy groups -OCH3 is 1. The minimum Gasteiger partial charge on any atom is -0.497 e.